The maximum absolute atomic E-state index is 11.9. The van der Waals surface area contributed by atoms with Gasteiger partial charge in [0.2, 0.25) is 5.88 Å². The zero-order valence-electron chi connectivity index (χ0n) is 12.0. The number of fused-ring (bicyclic) bond motifs is 1. The number of nitrogens with zero attached hydrogens (tertiary/aromatic N) is 2. The van der Waals surface area contributed by atoms with E-state index in [-0.39, 0.29) is 15.9 Å². The third kappa shape index (κ3) is 2.77. The molecule has 0 saturated heterocycles. The van der Waals surface area contributed by atoms with Gasteiger partial charge in [-0.1, -0.05) is 6.07 Å². The Bertz CT molecular complexity index is 1100. The molecule has 3 rings (SSSR count). The lowest BCUT2D eigenvalue weighted by Gasteiger charge is -1.98. The molecule has 2 aromatic heterocycles. The molecule has 0 bridgehead atoms. The quantitative estimate of drug-likeness (QED) is 0.426. The number of benzene rings is 1. The van der Waals surface area contributed by atoms with Gasteiger partial charge in [0.1, 0.15) is 17.5 Å². The zero-order valence-corrected chi connectivity index (χ0v) is 12.8. The van der Waals surface area contributed by atoms with E-state index < -0.39 is 11.4 Å². The van der Waals surface area contributed by atoms with Crippen molar-refractivity contribution in [1.82, 2.24) is 19.9 Å². The standard InChI is InChI=1S/C15H11N5O2S/c1-7-2-3-10-11(4-7)18-12(17-10)8(6-16)5-9-13(21)19-15(23)20-14(9)22/h2-5H,1H3,(H,17,18)(H3,19,20,21,22,23). The molecule has 0 amide bonds. The first-order chi connectivity index (χ1) is 11.0. The number of aromatic nitrogens is 4. The highest BCUT2D eigenvalue weighted by Crippen LogP contribution is 2.21. The third-order valence-corrected chi connectivity index (χ3v) is 3.46. The molecule has 0 fully saturated rings. The van der Waals surface area contributed by atoms with E-state index in [4.69, 9.17) is 12.2 Å². The Kier molecular flexibility index (Phi) is 3.56. The summed E-state index contributed by atoms with van der Waals surface area (Å²) in [5.74, 6) is -0.0900. The molecule has 0 spiro atoms. The summed E-state index contributed by atoms with van der Waals surface area (Å²) < 4.78 is 0.00219. The lowest BCUT2D eigenvalue weighted by Crippen LogP contribution is -2.11. The highest BCUT2D eigenvalue weighted by atomic mass is 32.1. The fraction of sp³-hybridized carbons (Fsp3) is 0.0667. The zero-order chi connectivity index (χ0) is 16.6. The van der Waals surface area contributed by atoms with Crippen molar-refractivity contribution in [2.75, 3.05) is 0 Å². The number of aromatic hydroxyl groups is 1. The van der Waals surface area contributed by atoms with E-state index in [0.717, 1.165) is 11.1 Å². The molecule has 7 nitrogen and oxygen atoms in total. The molecular weight excluding hydrogens is 314 g/mol. The molecule has 0 radical (unpaired) electrons. The first-order valence-corrected chi connectivity index (χ1v) is 7.03. The normalized spacial score (nSPS) is 11.6. The van der Waals surface area contributed by atoms with E-state index in [1.807, 2.05) is 31.2 Å². The van der Waals surface area contributed by atoms with Crippen LogP contribution in [0.5, 0.6) is 5.88 Å². The molecule has 0 saturated carbocycles. The van der Waals surface area contributed by atoms with Gasteiger partial charge in [0, 0.05) is 0 Å². The first-order valence-electron chi connectivity index (χ1n) is 6.62. The number of nitrogens with one attached hydrogen (secondary N) is 3. The van der Waals surface area contributed by atoms with E-state index in [0.29, 0.717) is 11.3 Å². The van der Waals surface area contributed by atoms with Gasteiger partial charge < -0.3 is 15.1 Å². The predicted molar refractivity (Wildman–Crippen MR) is 88.2 cm³/mol. The number of rotatable bonds is 2. The van der Waals surface area contributed by atoms with Crippen molar-refractivity contribution in [3.05, 3.63) is 50.3 Å². The number of allylic oxidation sites excluding steroid dienone is 1. The molecule has 4 N–H and O–H groups in total. The van der Waals surface area contributed by atoms with E-state index in [1.54, 1.807) is 0 Å². The largest absolute Gasteiger partial charge is 0.494 e. The number of H-pyrrole nitrogens is 3. The van der Waals surface area contributed by atoms with Gasteiger partial charge in [-0.15, -0.1) is 0 Å². The Hall–Kier alpha value is -3.18. The molecule has 3 aromatic rings. The summed E-state index contributed by atoms with van der Waals surface area (Å²) in [5.41, 5.74) is 1.98. The van der Waals surface area contributed by atoms with E-state index in [9.17, 15) is 15.2 Å². The maximum atomic E-state index is 11.9. The van der Waals surface area contributed by atoms with Crippen molar-refractivity contribution in [2.45, 2.75) is 6.92 Å². The molecule has 1 aromatic carbocycles. The minimum Gasteiger partial charge on any atom is -0.494 e. The summed E-state index contributed by atoms with van der Waals surface area (Å²) in [6.45, 7) is 1.95. The summed E-state index contributed by atoms with van der Waals surface area (Å²) in [7, 11) is 0. The number of aryl methyl sites for hydroxylation is 1. The van der Waals surface area contributed by atoms with Crippen LogP contribution in [0.4, 0.5) is 0 Å². The minimum atomic E-state index is -0.592. The fourth-order valence-electron chi connectivity index (χ4n) is 2.17. The SMILES string of the molecule is Cc1ccc2nc(C(C#N)=Cc3c(O)[nH]c(=S)[nH]c3=O)[nH]c2c1. The predicted octanol–water partition coefficient (Wildman–Crippen LogP) is 2.39. The van der Waals surface area contributed by atoms with Crippen molar-refractivity contribution in [3.63, 3.8) is 0 Å². The van der Waals surface area contributed by atoms with Gasteiger partial charge in [0.25, 0.3) is 5.56 Å². The van der Waals surface area contributed by atoms with Crippen LogP contribution >= 0.6 is 12.2 Å². The van der Waals surface area contributed by atoms with Crippen molar-refractivity contribution < 1.29 is 5.11 Å². The Labute approximate surface area is 135 Å². The summed E-state index contributed by atoms with van der Waals surface area (Å²) in [4.78, 5) is 24.0. The van der Waals surface area contributed by atoms with Crippen LogP contribution in [0.3, 0.4) is 0 Å². The average molecular weight is 325 g/mol. The molecule has 114 valence electrons. The number of imidazole rings is 1. The van der Waals surface area contributed by atoms with Crippen LogP contribution in [-0.2, 0) is 0 Å². The van der Waals surface area contributed by atoms with Crippen LogP contribution < -0.4 is 5.56 Å². The lowest BCUT2D eigenvalue weighted by atomic mass is 10.2. The van der Waals surface area contributed by atoms with Crippen LogP contribution in [-0.4, -0.2) is 25.0 Å². The van der Waals surface area contributed by atoms with Crippen LogP contribution in [0.1, 0.15) is 17.0 Å². The van der Waals surface area contributed by atoms with Gasteiger partial charge in [0.15, 0.2) is 4.77 Å². The maximum Gasteiger partial charge on any atom is 0.262 e. The van der Waals surface area contributed by atoms with Gasteiger partial charge >= 0.3 is 0 Å². The van der Waals surface area contributed by atoms with E-state index >= 15 is 0 Å². The summed E-state index contributed by atoms with van der Waals surface area (Å²) in [6.07, 6.45) is 1.25. The monoisotopic (exact) mass is 325 g/mol. The van der Waals surface area contributed by atoms with Crippen molar-refractivity contribution in [3.8, 4) is 11.9 Å². The molecule has 0 aliphatic carbocycles. The highest BCUT2D eigenvalue weighted by Gasteiger charge is 2.11. The molecule has 23 heavy (non-hydrogen) atoms. The van der Waals surface area contributed by atoms with Gasteiger partial charge in [-0.2, -0.15) is 5.26 Å². The molecule has 0 atom stereocenters. The van der Waals surface area contributed by atoms with Gasteiger partial charge in [-0.25, -0.2) is 4.98 Å². The highest BCUT2D eigenvalue weighted by molar-refractivity contribution is 7.71. The topological polar surface area (TPSA) is 121 Å². The number of hydrogen-bond acceptors (Lipinski definition) is 5. The number of nitriles is 1. The molecule has 0 aliphatic heterocycles. The van der Waals surface area contributed by atoms with Crippen molar-refractivity contribution >= 4 is 34.9 Å². The van der Waals surface area contributed by atoms with E-state index in [2.05, 4.69) is 19.9 Å². The summed E-state index contributed by atoms with van der Waals surface area (Å²) in [5, 5.41) is 19.2. The van der Waals surface area contributed by atoms with Crippen LogP contribution in [0.2, 0.25) is 0 Å². The van der Waals surface area contributed by atoms with Gasteiger partial charge in [0.05, 0.1) is 16.6 Å². The van der Waals surface area contributed by atoms with Crippen molar-refractivity contribution in [1.29, 1.82) is 5.26 Å². The minimum absolute atomic E-state index is 0.00219. The van der Waals surface area contributed by atoms with E-state index in [1.165, 1.54) is 6.08 Å². The van der Waals surface area contributed by atoms with Gasteiger partial charge in [-0.05, 0) is 42.9 Å². The molecular formula is C15H11N5O2S. The Morgan fingerprint density at radius 1 is 1.39 bits per heavy atom. The van der Waals surface area contributed by atoms with Crippen LogP contribution in [0.15, 0.2) is 23.0 Å². The smallest absolute Gasteiger partial charge is 0.262 e. The van der Waals surface area contributed by atoms with Crippen LogP contribution in [0, 0.1) is 23.0 Å². The third-order valence-electron chi connectivity index (χ3n) is 3.26. The fourth-order valence-corrected chi connectivity index (χ4v) is 2.36. The molecule has 2 heterocycles. The Morgan fingerprint density at radius 3 is 2.87 bits per heavy atom. The van der Waals surface area contributed by atoms with Crippen LogP contribution in [0.25, 0.3) is 22.7 Å². The average Bonchev–Trinajstić information content (AvgIpc) is 2.89. The molecule has 0 aliphatic rings. The number of hydrogen-bond donors (Lipinski definition) is 4. The number of aromatic amines is 3. The second-order valence-electron chi connectivity index (χ2n) is 4.95. The second-order valence-corrected chi connectivity index (χ2v) is 5.35. The molecule has 0 unspecified atom stereocenters. The summed E-state index contributed by atoms with van der Waals surface area (Å²) >= 11 is 4.76. The molecule has 8 heteroatoms. The Morgan fingerprint density at radius 2 is 2.17 bits per heavy atom. The lowest BCUT2D eigenvalue weighted by molar-refractivity contribution is 0.448. The van der Waals surface area contributed by atoms with Gasteiger partial charge in [-0.3, -0.25) is 9.78 Å². The Balaban J connectivity index is 2.17. The summed E-state index contributed by atoms with van der Waals surface area (Å²) in [6, 6.07) is 7.63. The first kappa shape index (κ1) is 14.7. The van der Waals surface area contributed by atoms with Crippen molar-refractivity contribution in [2.24, 2.45) is 0 Å². The second kappa shape index (κ2) is 5.55.